The molecule has 66 valence electrons. The Morgan fingerprint density at radius 3 is 2.45 bits per heavy atom. The molecule has 0 aromatic heterocycles. The van der Waals surface area contributed by atoms with Crippen LogP contribution in [0, 0.1) is 5.41 Å². The molecule has 1 aliphatic rings. The molecule has 1 aliphatic carbocycles. The second-order valence-corrected chi connectivity index (χ2v) is 5.14. The monoisotopic (exact) mass is 173 g/mol. The Balaban J connectivity index is 2.63. The molecule has 0 radical (unpaired) electrons. The normalized spacial score (nSPS) is 36.0. The smallest absolute Gasteiger partial charge is 0.0234 e. The molecule has 1 N–H and O–H groups in total. The summed E-state index contributed by atoms with van der Waals surface area (Å²) in [7, 11) is 2.08. The van der Waals surface area contributed by atoms with E-state index in [1.807, 2.05) is 11.8 Å². The average Bonchev–Trinajstić information content (AvgIpc) is 2.24. The van der Waals surface area contributed by atoms with Crippen LogP contribution in [0.2, 0.25) is 0 Å². The summed E-state index contributed by atoms with van der Waals surface area (Å²) < 4.78 is 0. The molecule has 0 saturated heterocycles. The van der Waals surface area contributed by atoms with Gasteiger partial charge in [0.25, 0.3) is 0 Å². The van der Waals surface area contributed by atoms with Crippen LogP contribution < -0.4 is 5.32 Å². The molecular weight excluding hydrogens is 154 g/mol. The van der Waals surface area contributed by atoms with Crippen LogP contribution in [0.5, 0.6) is 0 Å². The van der Waals surface area contributed by atoms with E-state index in [-0.39, 0.29) is 0 Å². The minimum atomic E-state index is 0.502. The van der Waals surface area contributed by atoms with Crippen molar-refractivity contribution in [2.45, 2.75) is 38.0 Å². The molecule has 11 heavy (non-hydrogen) atoms. The topological polar surface area (TPSA) is 12.0 Å². The Hall–Kier alpha value is 0.310. The van der Waals surface area contributed by atoms with Gasteiger partial charge in [0.05, 0.1) is 0 Å². The Morgan fingerprint density at radius 2 is 2.09 bits per heavy atom. The summed E-state index contributed by atoms with van der Waals surface area (Å²) in [6, 6.07) is 0.706. The van der Waals surface area contributed by atoms with Gasteiger partial charge >= 0.3 is 0 Å². The van der Waals surface area contributed by atoms with Crippen LogP contribution in [0.1, 0.15) is 26.7 Å². The lowest BCUT2D eigenvalue weighted by Gasteiger charge is -2.29. The number of hydrogen-bond acceptors (Lipinski definition) is 2. The fourth-order valence-electron chi connectivity index (χ4n) is 2.17. The van der Waals surface area contributed by atoms with Gasteiger partial charge in [-0.05, 0) is 31.6 Å². The summed E-state index contributed by atoms with van der Waals surface area (Å²) in [6.45, 7) is 4.73. The van der Waals surface area contributed by atoms with Crippen molar-refractivity contribution in [1.82, 2.24) is 5.32 Å². The van der Waals surface area contributed by atoms with E-state index >= 15 is 0 Å². The van der Waals surface area contributed by atoms with Crippen molar-refractivity contribution in [3.8, 4) is 0 Å². The molecule has 0 amide bonds. The fourth-order valence-corrected chi connectivity index (χ4v) is 3.30. The van der Waals surface area contributed by atoms with Gasteiger partial charge in [-0.2, -0.15) is 11.8 Å². The number of nitrogens with one attached hydrogen (secondary N) is 1. The maximum atomic E-state index is 3.43. The number of hydrogen-bond donors (Lipinski definition) is 1. The number of thioether (sulfide) groups is 1. The molecule has 2 unspecified atom stereocenters. The maximum absolute atomic E-state index is 3.43. The van der Waals surface area contributed by atoms with Crippen molar-refractivity contribution in [2.24, 2.45) is 5.41 Å². The van der Waals surface area contributed by atoms with Crippen LogP contribution in [0.25, 0.3) is 0 Å². The quantitative estimate of drug-likeness (QED) is 0.686. The molecule has 0 bridgehead atoms. The molecular formula is C9H19NS. The van der Waals surface area contributed by atoms with Crippen molar-refractivity contribution < 1.29 is 0 Å². The van der Waals surface area contributed by atoms with E-state index in [0.29, 0.717) is 11.5 Å². The minimum Gasteiger partial charge on any atom is -0.315 e. The summed E-state index contributed by atoms with van der Waals surface area (Å²) >= 11 is 2.00. The lowest BCUT2D eigenvalue weighted by atomic mass is 9.87. The largest absolute Gasteiger partial charge is 0.315 e. The van der Waals surface area contributed by atoms with E-state index in [1.54, 1.807) is 0 Å². The molecule has 2 heteroatoms. The molecule has 0 aromatic carbocycles. The molecule has 0 aromatic rings. The molecule has 1 fully saturated rings. The first-order chi connectivity index (χ1) is 5.11. The third kappa shape index (κ3) is 1.73. The third-order valence-corrected chi connectivity index (χ3v) is 4.01. The van der Waals surface area contributed by atoms with Gasteiger partial charge < -0.3 is 5.32 Å². The second-order valence-electron chi connectivity index (χ2n) is 4.07. The number of rotatable bonds is 2. The zero-order valence-corrected chi connectivity index (χ0v) is 8.79. The van der Waals surface area contributed by atoms with E-state index in [2.05, 4.69) is 32.5 Å². The minimum absolute atomic E-state index is 0.502. The zero-order chi connectivity index (χ0) is 8.48. The fraction of sp³-hybridized carbons (Fsp3) is 1.00. The molecule has 1 rings (SSSR count). The van der Waals surface area contributed by atoms with Crippen molar-refractivity contribution in [3.05, 3.63) is 0 Å². The highest BCUT2D eigenvalue weighted by atomic mass is 32.2. The van der Waals surface area contributed by atoms with Crippen LogP contribution in [-0.2, 0) is 0 Å². The van der Waals surface area contributed by atoms with E-state index in [4.69, 9.17) is 0 Å². The summed E-state index contributed by atoms with van der Waals surface area (Å²) in [5.41, 5.74) is 0.502. The molecule has 1 saturated carbocycles. The summed E-state index contributed by atoms with van der Waals surface area (Å²) in [5.74, 6) is 0. The van der Waals surface area contributed by atoms with Crippen molar-refractivity contribution in [2.75, 3.05) is 13.3 Å². The van der Waals surface area contributed by atoms with Gasteiger partial charge in [-0.25, -0.2) is 0 Å². The lowest BCUT2D eigenvalue weighted by molar-refractivity contribution is 0.300. The van der Waals surface area contributed by atoms with Crippen LogP contribution in [0.15, 0.2) is 0 Å². The maximum Gasteiger partial charge on any atom is 0.0234 e. The predicted octanol–water partition coefficient (Wildman–Crippen LogP) is 2.13. The van der Waals surface area contributed by atoms with Crippen LogP contribution in [0.4, 0.5) is 0 Å². The Labute approximate surface area is 74.3 Å². The second kappa shape index (κ2) is 3.36. The summed E-state index contributed by atoms with van der Waals surface area (Å²) in [4.78, 5) is 0. The average molecular weight is 173 g/mol. The standard InChI is InChI=1S/C9H19NS/c1-9(2)6-5-7(11-4)8(9)10-3/h7-8,10H,5-6H2,1-4H3. The van der Waals surface area contributed by atoms with Crippen LogP contribution in [-0.4, -0.2) is 24.6 Å². The first-order valence-corrected chi connectivity index (χ1v) is 5.60. The van der Waals surface area contributed by atoms with Crippen molar-refractivity contribution >= 4 is 11.8 Å². The van der Waals surface area contributed by atoms with Gasteiger partial charge in [-0.15, -0.1) is 0 Å². The van der Waals surface area contributed by atoms with E-state index in [1.165, 1.54) is 12.8 Å². The first kappa shape index (κ1) is 9.40. The SMILES string of the molecule is CNC1C(SC)CCC1(C)C. The van der Waals surface area contributed by atoms with Gasteiger partial charge in [0.15, 0.2) is 0 Å². The summed E-state index contributed by atoms with van der Waals surface area (Å²) in [5, 5.41) is 4.26. The zero-order valence-electron chi connectivity index (χ0n) is 7.98. The first-order valence-electron chi connectivity index (χ1n) is 4.32. The van der Waals surface area contributed by atoms with E-state index in [9.17, 15) is 0 Å². The lowest BCUT2D eigenvalue weighted by Crippen LogP contribution is -2.41. The van der Waals surface area contributed by atoms with E-state index < -0.39 is 0 Å². The van der Waals surface area contributed by atoms with Gasteiger partial charge in [0.2, 0.25) is 0 Å². The molecule has 2 atom stereocenters. The van der Waals surface area contributed by atoms with Crippen molar-refractivity contribution in [1.29, 1.82) is 0 Å². The van der Waals surface area contributed by atoms with Gasteiger partial charge in [0, 0.05) is 11.3 Å². The van der Waals surface area contributed by atoms with Gasteiger partial charge in [-0.3, -0.25) is 0 Å². The Morgan fingerprint density at radius 1 is 1.45 bits per heavy atom. The Bertz CT molecular complexity index is 134. The van der Waals surface area contributed by atoms with Crippen LogP contribution >= 0.6 is 11.8 Å². The van der Waals surface area contributed by atoms with Gasteiger partial charge in [0.1, 0.15) is 0 Å². The van der Waals surface area contributed by atoms with Crippen molar-refractivity contribution in [3.63, 3.8) is 0 Å². The third-order valence-electron chi connectivity index (χ3n) is 2.90. The molecule has 0 spiro atoms. The molecule has 1 nitrogen and oxygen atoms in total. The Kier molecular flexibility index (Phi) is 2.87. The van der Waals surface area contributed by atoms with E-state index in [0.717, 1.165) is 5.25 Å². The molecule has 0 heterocycles. The summed E-state index contributed by atoms with van der Waals surface area (Å²) in [6.07, 6.45) is 4.96. The predicted molar refractivity (Wildman–Crippen MR) is 53.2 cm³/mol. The highest BCUT2D eigenvalue weighted by Crippen LogP contribution is 2.41. The van der Waals surface area contributed by atoms with Crippen LogP contribution in [0.3, 0.4) is 0 Å². The molecule has 0 aliphatic heterocycles. The highest BCUT2D eigenvalue weighted by Gasteiger charge is 2.40. The highest BCUT2D eigenvalue weighted by molar-refractivity contribution is 7.99. The van der Waals surface area contributed by atoms with Gasteiger partial charge in [-0.1, -0.05) is 13.8 Å².